The van der Waals surface area contributed by atoms with Crippen LogP contribution in [0.25, 0.3) is 0 Å². The summed E-state index contributed by atoms with van der Waals surface area (Å²) >= 11 is 0. The molecule has 2 heterocycles. The Hall–Kier alpha value is -0.160. The number of aliphatic hydroxyl groups excluding tert-OH is 1. The maximum absolute atomic E-state index is 8.86. The summed E-state index contributed by atoms with van der Waals surface area (Å²) in [6.45, 7) is 2.29. The summed E-state index contributed by atoms with van der Waals surface area (Å²) in [7, 11) is 0. The van der Waals surface area contributed by atoms with Crippen molar-refractivity contribution in [2.75, 3.05) is 26.4 Å². The van der Waals surface area contributed by atoms with Gasteiger partial charge in [0.1, 0.15) is 6.10 Å². The number of hydrogen-bond donors (Lipinski definition) is 1. The molecule has 0 spiro atoms. The summed E-state index contributed by atoms with van der Waals surface area (Å²) in [5.74, 6) is 0.561. The zero-order valence-corrected chi connectivity index (χ0v) is 8.35. The van der Waals surface area contributed by atoms with Crippen molar-refractivity contribution in [3.05, 3.63) is 0 Å². The van der Waals surface area contributed by atoms with Gasteiger partial charge in [0.25, 0.3) is 0 Å². The fourth-order valence-electron chi connectivity index (χ4n) is 1.99. The van der Waals surface area contributed by atoms with Crippen LogP contribution in [0.3, 0.4) is 0 Å². The van der Waals surface area contributed by atoms with Gasteiger partial charge in [0.05, 0.1) is 13.2 Å². The minimum absolute atomic E-state index is 0.0532. The monoisotopic (exact) mass is 202 g/mol. The summed E-state index contributed by atoms with van der Waals surface area (Å²) in [5, 5.41) is 8.86. The molecule has 0 amide bonds. The summed E-state index contributed by atoms with van der Waals surface area (Å²) < 4.78 is 16.3. The first-order valence-electron chi connectivity index (χ1n) is 5.34. The Morgan fingerprint density at radius 2 is 2.21 bits per heavy atom. The second kappa shape index (κ2) is 5.07. The van der Waals surface area contributed by atoms with Gasteiger partial charge in [0, 0.05) is 19.6 Å². The van der Waals surface area contributed by atoms with Gasteiger partial charge in [0.15, 0.2) is 6.29 Å². The van der Waals surface area contributed by atoms with Gasteiger partial charge in [-0.05, 0) is 18.8 Å². The van der Waals surface area contributed by atoms with Crippen molar-refractivity contribution in [2.45, 2.75) is 31.7 Å². The van der Waals surface area contributed by atoms with E-state index < -0.39 is 0 Å². The van der Waals surface area contributed by atoms with E-state index in [9.17, 15) is 0 Å². The average molecular weight is 202 g/mol. The second-order valence-electron chi connectivity index (χ2n) is 4.02. The molecule has 0 aromatic heterocycles. The van der Waals surface area contributed by atoms with E-state index in [4.69, 9.17) is 19.3 Å². The lowest BCUT2D eigenvalue weighted by molar-refractivity contribution is -0.0892. The van der Waals surface area contributed by atoms with E-state index in [1.807, 2.05) is 0 Å². The first-order valence-corrected chi connectivity index (χ1v) is 5.34. The molecule has 2 fully saturated rings. The Kier molecular flexibility index (Phi) is 3.75. The molecule has 2 saturated heterocycles. The molecule has 0 aliphatic carbocycles. The van der Waals surface area contributed by atoms with Gasteiger partial charge in [-0.3, -0.25) is 0 Å². The van der Waals surface area contributed by atoms with Crippen molar-refractivity contribution in [3.63, 3.8) is 0 Å². The Labute approximate surface area is 84.1 Å². The summed E-state index contributed by atoms with van der Waals surface area (Å²) in [4.78, 5) is 0. The van der Waals surface area contributed by atoms with Gasteiger partial charge in [-0.25, -0.2) is 0 Å². The Balaban J connectivity index is 1.69. The third-order valence-electron chi connectivity index (χ3n) is 2.80. The molecule has 0 aromatic rings. The van der Waals surface area contributed by atoms with Crippen LogP contribution in [0, 0.1) is 5.92 Å². The molecule has 3 atom stereocenters. The lowest BCUT2D eigenvalue weighted by atomic mass is 9.98. The molecule has 82 valence electrons. The van der Waals surface area contributed by atoms with Gasteiger partial charge in [0.2, 0.25) is 0 Å². The van der Waals surface area contributed by atoms with Crippen LogP contribution >= 0.6 is 0 Å². The van der Waals surface area contributed by atoms with Crippen molar-refractivity contribution in [2.24, 2.45) is 5.92 Å². The molecule has 3 unspecified atom stereocenters. The molecule has 0 bridgehead atoms. The van der Waals surface area contributed by atoms with E-state index in [1.165, 1.54) is 6.42 Å². The maximum atomic E-state index is 8.86. The van der Waals surface area contributed by atoms with Gasteiger partial charge < -0.3 is 19.3 Å². The molecule has 2 aliphatic heterocycles. The highest BCUT2D eigenvalue weighted by atomic mass is 16.7. The molecule has 4 heteroatoms. The van der Waals surface area contributed by atoms with Crippen molar-refractivity contribution in [1.29, 1.82) is 0 Å². The normalized spacial score (nSPS) is 38.8. The Morgan fingerprint density at radius 1 is 1.29 bits per heavy atom. The van der Waals surface area contributed by atoms with E-state index in [0.29, 0.717) is 12.5 Å². The lowest BCUT2D eigenvalue weighted by Gasteiger charge is -2.23. The van der Waals surface area contributed by atoms with Gasteiger partial charge >= 0.3 is 0 Å². The van der Waals surface area contributed by atoms with Gasteiger partial charge in [-0.1, -0.05) is 0 Å². The van der Waals surface area contributed by atoms with E-state index in [2.05, 4.69) is 0 Å². The van der Waals surface area contributed by atoms with Crippen LogP contribution in [0.4, 0.5) is 0 Å². The standard InChI is InChI=1S/C10H18O4/c11-5-9-7-13-10(14-9)4-8-2-1-3-12-6-8/h8-11H,1-7H2. The molecule has 14 heavy (non-hydrogen) atoms. The number of hydrogen-bond acceptors (Lipinski definition) is 4. The van der Waals surface area contributed by atoms with E-state index in [1.54, 1.807) is 0 Å². The van der Waals surface area contributed by atoms with Crippen LogP contribution < -0.4 is 0 Å². The quantitative estimate of drug-likeness (QED) is 0.725. The predicted molar refractivity (Wildman–Crippen MR) is 49.9 cm³/mol. The van der Waals surface area contributed by atoms with Gasteiger partial charge in [-0.2, -0.15) is 0 Å². The molecule has 0 saturated carbocycles. The van der Waals surface area contributed by atoms with Crippen LogP contribution in [0.2, 0.25) is 0 Å². The molecule has 1 N–H and O–H groups in total. The third kappa shape index (κ3) is 2.67. The molecule has 2 rings (SSSR count). The third-order valence-corrected chi connectivity index (χ3v) is 2.80. The summed E-state index contributed by atoms with van der Waals surface area (Å²) in [6, 6.07) is 0. The number of rotatable bonds is 3. The molecule has 2 aliphatic rings. The first-order chi connectivity index (χ1) is 6.88. The Morgan fingerprint density at radius 3 is 2.86 bits per heavy atom. The lowest BCUT2D eigenvalue weighted by Crippen LogP contribution is -2.24. The molecule has 0 radical (unpaired) electrons. The fraction of sp³-hybridized carbons (Fsp3) is 1.00. The SMILES string of the molecule is OCC1COC(CC2CCCOC2)O1. The molecular formula is C10H18O4. The zero-order chi connectivity index (χ0) is 9.80. The topological polar surface area (TPSA) is 47.9 Å². The maximum Gasteiger partial charge on any atom is 0.158 e. The van der Waals surface area contributed by atoms with Crippen LogP contribution in [0.5, 0.6) is 0 Å². The van der Waals surface area contributed by atoms with Crippen LogP contribution in [0.15, 0.2) is 0 Å². The van der Waals surface area contributed by atoms with Crippen LogP contribution in [-0.4, -0.2) is 43.9 Å². The molecular weight excluding hydrogens is 184 g/mol. The smallest absolute Gasteiger partial charge is 0.158 e. The summed E-state index contributed by atoms with van der Waals surface area (Å²) in [5.41, 5.74) is 0. The minimum Gasteiger partial charge on any atom is -0.394 e. The second-order valence-corrected chi connectivity index (χ2v) is 4.02. The highest BCUT2D eigenvalue weighted by Crippen LogP contribution is 2.24. The number of ether oxygens (including phenoxy) is 3. The average Bonchev–Trinajstić information content (AvgIpc) is 2.67. The Bertz CT molecular complexity index is 168. The minimum atomic E-state index is -0.126. The fourth-order valence-corrected chi connectivity index (χ4v) is 1.99. The predicted octanol–water partition coefficient (Wildman–Crippen LogP) is 0.537. The zero-order valence-electron chi connectivity index (χ0n) is 8.35. The van der Waals surface area contributed by atoms with E-state index in [-0.39, 0.29) is 19.0 Å². The highest BCUT2D eigenvalue weighted by Gasteiger charge is 2.28. The van der Waals surface area contributed by atoms with Crippen molar-refractivity contribution < 1.29 is 19.3 Å². The summed E-state index contributed by atoms with van der Waals surface area (Å²) in [6.07, 6.45) is 2.99. The van der Waals surface area contributed by atoms with E-state index >= 15 is 0 Å². The first kappa shape index (κ1) is 10.4. The van der Waals surface area contributed by atoms with Gasteiger partial charge in [-0.15, -0.1) is 0 Å². The molecule has 0 aromatic carbocycles. The van der Waals surface area contributed by atoms with Crippen molar-refractivity contribution >= 4 is 0 Å². The van der Waals surface area contributed by atoms with Crippen molar-refractivity contribution in [3.8, 4) is 0 Å². The highest BCUT2D eigenvalue weighted by molar-refractivity contribution is 4.70. The number of aliphatic hydroxyl groups is 1. The van der Waals surface area contributed by atoms with Crippen LogP contribution in [-0.2, 0) is 14.2 Å². The van der Waals surface area contributed by atoms with E-state index in [0.717, 1.165) is 26.1 Å². The molecule has 4 nitrogen and oxygen atoms in total. The van der Waals surface area contributed by atoms with Crippen molar-refractivity contribution in [1.82, 2.24) is 0 Å². The largest absolute Gasteiger partial charge is 0.394 e. The van der Waals surface area contributed by atoms with Crippen LogP contribution in [0.1, 0.15) is 19.3 Å².